The van der Waals surface area contributed by atoms with E-state index in [0.717, 1.165) is 19.3 Å². The van der Waals surface area contributed by atoms with Crippen LogP contribution in [0.15, 0.2) is 30.3 Å². The average molecular weight is 245 g/mol. The highest BCUT2D eigenvalue weighted by Crippen LogP contribution is 2.35. The quantitative estimate of drug-likeness (QED) is 0.881. The molecule has 1 aliphatic carbocycles. The smallest absolute Gasteiger partial charge is 0.0796 e. The van der Waals surface area contributed by atoms with Crippen molar-refractivity contribution in [2.75, 3.05) is 7.05 Å². The third kappa shape index (κ3) is 1.77. The highest BCUT2D eigenvalue weighted by Gasteiger charge is 2.36. The molecule has 1 aromatic heterocycles. The van der Waals surface area contributed by atoms with E-state index in [4.69, 9.17) is 0 Å². The van der Waals surface area contributed by atoms with Gasteiger partial charge in [0.2, 0.25) is 0 Å². The van der Waals surface area contributed by atoms with Gasteiger partial charge in [0.25, 0.3) is 0 Å². The molecule has 1 aromatic carbocycles. The molecule has 2 aromatic rings. The van der Waals surface area contributed by atoms with Crippen LogP contribution in [0.1, 0.15) is 23.4 Å². The van der Waals surface area contributed by atoms with E-state index < -0.39 is 0 Å². The summed E-state index contributed by atoms with van der Waals surface area (Å²) in [4.78, 5) is 0. The Morgan fingerprint density at radius 3 is 2.71 bits per heavy atom. The van der Waals surface area contributed by atoms with Gasteiger partial charge in [0.15, 0.2) is 0 Å². The van der Waals surface area contributed by atoms with Gasteiger partial charge in [-0.25, -0.2) is 0 Å². The molecule has 0 spiro atoms. The first kappa shape index (κ1) is 10.9. The number of aryl methyl sites for hydroxylation is 1. The van der Waals surface area contributed by atoms with Crippen LogP contribution < -0.4 is 5.32 Å². The molecular formula is C13H15N3S. The number of hydrogen-bond donors (Lipinski definition) is 1. The highest BCUT2D eigenvalue weighted by atomic mass is 32.1. The van der Waals surface area contributed by atoms with Gasteiger partial charge in [-0.05, 0) is 25.5 Å². The zero-order chi connectivity index (χ0) is 11.7. The Hall–Kier alpha value is -1.26. The van der Waals surface area contributed by atoms with E-state index in [0.29, 0.717) is 0 Å². The van der Waals surface area contributed by atoms with Crippen molar-refractivity contribution >= 4 is 11.7 Å². The molecule has 0 fully saturated rings. The molecule has 1 unspecified atom stereocenters. The molecule has 0 saturated carbocycles. The van der Waals surface area contributed by atoms with E-state index in [-0.39, 0.29) is 5.54 Å². The first-order chi connectivity index (χ1) is 8.34. The molecule has 1 atom stereocenters. The summed E-state index contributed by atoms with van der Waals surface area (Å²) in [5.74, 6) is 0. The summed E-state index contributed by atoms with van der Waals surface area (Å²) in [6, 6.07) is 10.7. The normalized spacial score (nSPS) is 23.4. The number of benzene rings is 1. The number of likely N-dealkylation sites (N-methyl/N-ethyl adjacent to an activating group) is 1. The molecule has 1 N–H and O–H groups in total. The summed E-state index contributed by atoms with van der Waals surface area (Å²) in [5.41, 5.74) is 3.74. The molecule has 3 rings (SSSR count). The number of hydrogen-bond acceptors (Lipinski definition) is 4. The van der Waals surface area contributed by atoms with E-state index in [1.807, 2.05) is 7.05 Å². The van der Waals surface area contributed by atoms with E-state index in [1.54, 1.807) is 0 Å². The molecule has 3 nitrogen and oxygen atoms in total. The Kier molecular flexibility index (Phi) is 2.68. The van der Waals surface area contributed by atoms with Crippen molar-refractivity contribution in [1.82, 2.24) is 14.1 Å². The summed E-state index contributed by atoms with van der Waals surface area (Å²) in [6.07, 6.45) is 3.05. The van der Waals surface area contributed by atoms with Gasteiger partial charge in [0.05, 0.1) is 23.1 Å². The largest absolute Gasteiger partial charge is 0.310 e. The fourth-order valence-electron chi connectivity index (χ4n) is 2.62. The molecule has 0 radical (unpaired) electrons. The van der Waals surface area contributed by atoms with Crippen molar-refractivity contribution in [2.24, 2.45) is 0 Å². The third-order valence-corrected chi connectivity index (χ3v) is 4.30. The van der Waals surface area contributed by atoms with Gasteiger partial charge >= 0.3 is 0 Å². The average Bonchev–Trinajstić information content (AvgIpc) is 2.86. The predicted octanol–water partition coefficient (Wildman–Crippen LogP) is 2.14. The lowest BCUT2D eigenvalue weighted by Gasteiger charge is -2.36. The summed E-state index contributed by atoms with van der Waals surface area (Å²) < 4.78 is 8.77. The highest BCUT2D eigenvalue weighted by molar-refractivity contribution is 6.99. The first-order valence-corrected chi connectivity index (χ1v) is 6.62. The van der Waals surface area contributed by atoms with E-state index in [9.17, 15) is 0 Å². The lowest BCUT2D eigenvalue weighted by atomic mass is 9.77. The number of fused-ring (bicyclic) bond motifs is 1. The maximum Gasteiger partial charge on any atom is 0.0796 e. The molecular weight excluding hydrogens is 230 g/mol. The second-order valence-electron chi connectivity index (χ2n) is 4.53. The van der Waals surface area contributed by atoms with Crippen LogP contribution >= 0.6 is 11.7 Å². The van der Waals surface area contributed by atoms with Crippen molar-refractivity contribution in [1.29, 1.82) is 0 Å². The number of aromatic nitrogens is 2. The van der Waals surface area contributed by atoms with Crippen molar-refractivity contribution in [3.05, 3.63) is 47.3 Å². The lowest BCUT2D eigenvalue weighted by molar-refractivity contribution is 0.310. The van der Waals surface area contributed by atoms with E-state index >= 15 is 0 Å². The summed E-state index contributed by atoms with van der Waals surface area (Å²) in [7, 11) is 2.04. The van der Waals surface area contributed by atoms with Gasteiger partial charge in [-0.2, -0.15) is 8.75 Å². The fraction of sp³-hybridized carbons (Fsp3) is 0.385. The Morgan fingerprint density at radius 1 is 1.18 bits per heavy atom. The molecule has 0 bridgehead atoms. The van der Waals surface area contributed by atoms with Gasteiger partial charge in [0.1, 0.15) is 0 Å². The van der Waals surface area contributed by atoms with Gasteiger partial charge < -0.3 is 5.32 Å². The molecule has 0 aliphatic heterocycles. The topological polar surface area (TPSA) is 37.8 Å². The number of rotatable bonds is 2. The molecule has 1 aliphatic rings. The minimum atomic E-state index is 0.0318. The fourth-order valence-corrected chi connectivity index (χ4v) is 3.22. The van der Waals surface area contributed by atoms with Crippen LogP contribution in [0.3, 0.4) is 0 Å². The second kappa shape index (κ2) is 4.20. The van der Waals surface area contributed by atoms with Gasteiger partial charge in [-0.15, -0.1) is 0 Å². The van der Waals surface area contributed by atoms with E-state index in [2.05, 4.69) is 44.4 Å². The number of nitrogens with zero attached hydrogens (tertiary/aromatic N) is 2. The van der Waals surface area contributed by atoms with Crippen LogP contribution in [-0.4, -0.2) is 15.8 Å². The Balaban J connectivity index is 2.01. The third-order valence-electron chi connectivity index (χ3n) is 3.70. The molecule has 0 saturated heterocycles. The van der Waals surface area contributed by atoms with Crippen molar-refractivity contribution < 1.29 is 0 Å². The van der Waals surface area contributed by atoms with Crippen LogP contribution in [0, 0.1) is 0 Å². The number of nitrogens with one attached hydrogen (secondary N) is 1. The molecule has 88 valence electrons. The van der Waals surface area contributed by atoms with Gasteiger partial charge in [-0.3, -0.25) is 0 Å². The van der Waals surface area contributed by atoms with Crippen LogP contribution in [0.5, 0.6) is 0 Å². The van der Waals surface area contributed by atoms with E-state index in [1.165, 1.54) is 28.7 Å². The second-order valence-corrected chi connectivity index (χ2v) is 5.06. The Labute approximate surface area is 105 Å². The zero-order valence-electron chi connectivity index (χ0n) is 9.81. The van der Waals surface area contributed by atoms with Crippen molar-refractivity contribution in [3.63, 3.8) is 0 Å². The van der Waals surface area contributed by atoms with Crippen molar-refractivity contribution in [2.45, 2.75) is 24.8 Å². The molecule has 17 heavy (non-hydrogen) atoms. The summed E-state index contributed by atoms with van der Waals surface area (Å²) >= 11 is 1.33. The molecule has 1 heterocycles. The first-order valence-electron chi connectivity index (χ1n) is 5.89. The van der Waals surface area contributed by atoms with Crippen LogP contribution in [-0.2, 0) is 18.4 Å². The van der Waals surface area contributed by atoms with Crippen molar-refractivity contribution in [3.8, 4) is 0 Å². The summed E-state index contributed by atoms with van der Waals surface area (Å²) in [5, 5.41) is 3.50. The standard InChI is InChI=1S/C13H15N3S/c1-14-13(10-5-3-2-4-6-10)8-7-11-12(9-13)16-17-15-11/h2-6,14H,7-9H2,1H3. The van der Waals surface area contributed by atoms with Crippen LogP contribution in [0.4, 0.5) is 0 Å². The minimum Gasteiger partial charge on any atom is -0.310 e. The predicted molar refractivity (Wildman–Crippen MR) is 69.1 cm³/mol. The Bertz CT molecular complexity index is 508. The molecule has 4 heteroatoms. The maximum absolute atomic E-state index is 4.42. The summed E-state index contributed by atoms with van der Waals surface area (Å²) in [6.45, 7) is 0. The monoisotopic (exact) mass is 245 g/mol. The minimum absolute atomic E-state index is 0.0318. The van der Waals surface area contributed by atoms with Crippen LogP contribution in [0.2, 0.25) is 0 Å². The van der Waals surface area contributed by atoms with Crippen LogP contribution in [0.25, 0.3) is 0 Å². The van der Waals surface area contributed by atoms with Gasteiger partial charge in [-0.1, -0.05) is 30.3 Å². The Morgan fingerprint density at radius 2 is 1.94 bits per heavy atom. The maximum atomic E-state index is 4.42. The zero-order valence-corrected chi connectivity index (χ0v) is 10.6. The SMILES string of the molecule is CNC1(c2ccccc2)CCc2nsnc2C1. The van der Waals surface area contributed by atoms with Gasteiger partial charge in [0, 0.05) is 12.0 Å². The lowest BCUT2D eigenvalue weighted by Crippen LogP contribution is -2.44. The molecule has 0 amide bonds.